The maximum atomic E-state index is 12.3. The van der Waals surface area contributed by atoms with E-state index >= 15 is 0 Å². The van der Waals surface area contributed by atoms with E-state index in [1.165, 1.54) is 0 Å². The summed E-state index contributed by atoms with van der Waals surface area (Å²) in [6.45, 7) is 0. The van der Waals surface area contributed by atoms with Gasteiger partial charge in [0.2, 0.25) is 0 Å². The van der Waals surface area contributed by atoms with Gasteiger partial charge in [-0.25, -0.2) is 0 Å². The molecule has 1 unspecified atom stereocenters. The molecule has 1 atom stereocenters. The molecule has 3 aliphatic rings. The van der Waals surface area contributed by atoms with Crippen LogP contribution in [0.5, 0.6) is 0 Å². The Hall–Kier alpha value is -1.06. The van der Waals surface area contributed by atoms with Gasteiger partial charge < -0.3 is 9.47 Å². The number of ether oxygens (including phenoxy) is 2. The Morgan fingerprint density at radius 1 is 0.810 bits per heavy atom. The smallest absolute Gasteiger partial charge is 0.310 e. The second kappa shape index (κ2) is 6.80. The van der Waals surface area contributed by atoms with E-state index in [4.69, 9.17) is 9.47 Å². The van der Waals surface area contributed by atoms with Crippen molar-refractivity contribution in [1.29, 1.82) is 0 Å². The van der Waals surface area contributed by atoms with Gasteiger partial charge in [-0.15, -0.1) is 0 Å². The molecule has 3 saturated carbocycles. The molecule has 0 aliphatic heterocycles. The summed E-state index contributed by atoms with van der Waals surface area (Å²) in [5, 5.41) is 0. The van der Waals surface area contributed by atoms with E-state index in [2.05, 4.69) is 0 Å². The zero-order valence-corrected chi connectivity index (χ0v) is 12.7. The normalized spacial score (nSPS) is 25.0. The van der Waals surface area contributed by atoms with Crippen molar-refractivity contribution in [3.05, 3.63) is 0 Å². The summed E-state index contributed by atoms with van der Waals surface area (Å²) in [5.74, 6) is -0.288. The lowest BCUT2D eigenvalue weighted by Crippen LogP contribution is -2.28. The van der Waals surface area contributed by atoms with Gasteiger partial charge in [0.05, 0.1) is 12.3 Å². The Kier molecular flexibility index (Phi) is 4.81. The molecule has 0 aromatic rings. The monoisotopic (exact) mass is 294 g/mol. The first-order valence-corrected chi connectivity index (χ1v) is 8.62. The molecule has 0 radical (unpaired) electrons. The molecule has 3 aliphatic carbocycles. The fourth-order valence-corrected chi connectivity index (χ4v) is 3.62. The van der Waals surface area contributed by atoms with E-state index in [9.17, 15) is 9.59 Å². The van der Waals surface area contributed by atoms with Crippen molar-refractivity contribution in [1.82, 2.24) is 0 Å². The van der Waals surface area contributed by atoms with Gasteiger partial charge in [-0.1, -0.05) is 0 Å². The van der Waals surface area contributed by atoms with Gasteiger partial charge in [0, 0.05) is 0 Å². The maximum Gasteiger partial charge on any atom is 0.310 e. The quantitative estimate of drug-likeness (QED) is 0.705. The van der Waals surface area contributed by atoms with Gasteiger partial charge in [0.25, 0.3) is 0 Å². The summed E-state index contributed by atoms with van der Waals surface area (Å²) in [6.07, 6.45) is 11.0. The third kappa shape index (κ3) is 4.21. The SMILES string of the molecule is O=C(CC(C(=O)OC1CCCC1)C1CC1)OC1CCCC1. The second-order valence-electron chi connectivity index (χ2n) is 6.89. The first kappa shape index (κ1) is 14.9. The molecule has 4 nitrogen and oxygen atoms in total. The van der Waals surface area contributed by atoms with Crippen molar-refractivity contribution in [2.45, 2.75) is 82.8 Å². The molecule has 118 valence electrons. The van der Waals surface area contributed by atoms with Gasteiger partial charge in [-0.3, -0.25) is 9.59 Å². The predicted molar refractivity (Wildman–Crippen MR) is 77.5 cm³/mol. The van der Waals surface area contributed by atoms with E-state index in [0.717, 1.165) is 64.2 Å². The van der Waals surface area contributed by atoms with Gasteiger partial charge in [0.1, 0.15) is 12.2 Å². The van der Waals surface area contributed by atoms with Crippen LogP contribution in [0.3, 0.4) is 0 Å². The highest BCUT2D eigenvalue weighted by atomic mass is 16.6. The molecular formula is C17H26O4. The number of hydrogen-bond donors (Lipinski definition) is 0. The van der Waals surface area contributed by atoms with E-state index in [1.54, 1.807) is 0 Å². The van der Waals surface area contributed by atoms with E-state index in [0.29, 0.717) is 5.92 Å². The van der Waals surface area contributed by atoms with Crippen LogP contribution in [0.1, 0.15) is 70.6 Å². The third-order valence-corrected chi connectivity index (χ3v) is 5.07. The molecule has 0 N–H and O–H groups in total. The summed E-state index contributed by atoms with van der Waals surface area (Å²) >= 11 is 0. The second-order valence-corrected chi connectivity index (χ2v) is 6.89. The lowest BCUT2D eigenvalue weighted by atomic mass is 10.00. The zero-order valence-electron chi connectivity index (χ0n) is 12.7. The van der Waals surface area contributed by atoms with Crippen LogP contribution in [0.25, 0.3) is 0 Å². The summed E-state index contributed by atoms with van der Waals surface area (Å²) in [5.41, 5.74) is 0. The van der Waals surface area contributed by atoms with Crippen molar-refractivity contribution in [2.75, 3.05) is 0 Å². The minimum absolute atomic E-state index is 0.0863. The van der Waals surface area contributed by atoms with Crippen molar-refractivity contribution in [2.24, 2.45) is 11.8 Å². The minimum atomic E-state index is -0.264. The Balaban J connectivity index is 1.48. The molecule has 21 heavy (non-hydrogen) atoms. The highest BCUT2D eigenvalue weighted by molar-refractivity contribution is 5.80. The standard InChI is InChI=1S/C17H26O4/c18-16(20-13-5-1-2-6-13)11-15(12-9-10-12)17(19)21-14-7-3-4-8-14/h12-15H,1-11H2. The van der Waals surface area contributed by atoms with Gasteiger partial charge in [-0.2, -0.15) is 0 Å². The van der Waals surface area contributed by atoms with Crippen LogP contribution in [-0.2, 0) is 19.1 Å². The number of esters is 2. The van der Waals surface area contributed by atoms with Gasteiger partial charge >= 0.3 is 11.9 Å². The lowest BCUT2D eigenvalue weighted by molar-refractivity contribution is -0.161. The fourth-order valence-electron chi connectivity index (χ4n) is 3.62. The molecule has 3 rings (SSSR count). The summed E-state index contributed by atoms with van der Waals surface area (Å²) in [4.78, 5) is 24.4. The van der Waals surface area contributed by atoms with Gasteiger partial charge in [-0.05, 0) is 70.1 Å². The van der Waals surface area contributed by atoms with Crippen LogP contribution in [0, 0.1) is 11.8 Å². The summed E-state index contributed by atoms with van der Waals surface area (Å²) in [7, 11) is 0. The Labute approximate surface area is 126 Å². The molecule has 0 amide bonds. The highest BCUT2D eigenvalue weighted by Crippen LogP contribution is 2.40. The van der Waals surface area contributed by atoms with E-state index < -0.39 is 0 Å². The van der Waals surface area contributed by atoms with Crippen LogP contribution < -0.4 is 0 Å². The first-order valence-electron chi connectivity index (χ1n) is 8.62. The molecule has 0 spiro atoms. The van der Waals surface area contributed by atoms with Crippen LogP contribution in [0.15, 0.2) is 0 Å². The fraction of sp³-hybridized carbons (Fsp3) is 0.882. The topological polar surface area (TPSA) is 52.6 Å². The van der Waals surface area contributed by atoms with Crippen LogP contribution in [0.2, 0.25) is 0 Å². The third-order valence-electron chi connectivity index (χ3n) is 5.07. The maximum absolute atomic E-state index is 12.3. The van der Waals surface area contributed by atoms with Crippen molar-refractivity contribution in [3.63, 3.8) is 0 Å². The number of carbonyl (C=O) groups excluding carboxylic acids is 2. The predicted octanol–water partition coefficient (Wildman–Crippen LogP) is 3.37. The molecular weight excluding hydrogens is 268 g/mol. The van der Waals surface area contributed by atoms with Crippen molar-refractivity contribution in [3.8, 4) is 0 Å². The van der Waals surface area contributed by atoms with Crippen LogP contribution in [0.4, 0.5) is 0 Å². The Morgan fingerprint density at radius 2 is 1.33 bits per heavy atom. The molecule has 0 aromatic heterocycles. The van der Waals surface area contributed by atoms with E-state index in [-0.39, 0.29) is 36.5 Å². The molecule has 0 aromatic carbocycles. The van der Waals surface area contributed by atoms with Crippen LogP contribution >= 0.6 is 0 Å². The Bertz CT molecular complexity index is 376. The Morgan fingerprint density at radius 3 is 1.86 bits per heavy atom. The van der Waals surface area contributed by atoms with Crippen molar-refractivity contribution < 1.29 is 19.1 Å². The average Bonchev–Trinajstić information content (AvgIpc) is 2.93. The summed E-state index contributed by atoms with van der Waals surface area (Å²) < 4.78 is 11.1. The minimum Gasteiger partial charge on any atom is -0.462 e. The molecule has 0 saturated heterocycles. The number of hydrogen-bond acceptors (Lipinski definition) is 4. The molecule has 4 heteroatoms. The van der Waals surface area contributed by atoms with E-state index in [1.807, 2.05) is 0 Å². The highest BCUT2D eigenvalue weighted by Gasteiger charge is 2.40. The molecule has 0 heterocycles. The largest absolute Gasteiger partial charge is 0.462 e. The van der Waals surface area contributed by atoms with Gasteiger partial charge in [0.15, 0.2) is 0 Å². The van der Waals surface area contributed by atoms with Crippen molar-refractivity contribution >= 4 is 11.9 Å². The summed E-state index contributed by atoms with van der Waals surface area (Å²) in [6, 6.07) is 0. The number of carbonyl (C=O) groups is 2. The lowest BCUT2D eigenvalue weighted by Gasteiger charge is -2.19. The molecule has 0 bridgehead atoms. The molecule has 3 fully saturated rings. The zero-order chi connectivity index (χ0) is 14.7. The number of rotatable bonds is 6. The van der Waals surface area contributed by atoms with Crippen LogP contribution in [-0.4, -0.2) is 24.1 Å². The first-order chi connectivity index (χ1) is 10.2. The average molecular weight is 294 g/mol.